The summed E-state index contributed by atoms with van der Waals surface area (Å²) in [6, 6.07) is 3.29. The van der Waals surface area contributed by atoms with Gasteiger partial charge in [-0.2, -0.15) is 4.31 Å². The van der Waals surface area contributed by atoms with E-state index in [2.05, 4.69) is 0 Å². The number of ether oxygens (including phenoxy) is 1. The van der Waals surface area contributed by atoms with Crippen molar-refractivity contribution in [1.29, 1.82) is 0 Å². The number of piperidine rings is 1. The minimum absolute atomic E-state index is 0.0543. The first kappa shape index (κ1) is 20.3. The average molecular weight is 415 g/mol. The van der Waals surface area contributed by atoms with Gasteiger partial charge in [0.2, 0.25) is 5.91 Å². The molecule has 2 aliphatic rings. The SMILES string of the molecule is CCOC(=O)[C@H]1CCCN(S(=O)(=O)c2ccc(CC(=O)N3CCCC3)s2)C1. The number of likely N-dealkylation sites (tertiary alicyclic amines) is 1. The Labute approximate surface area is 164 Å². The molecular weight excluding hydrogens is 388 g/mol. The molecule has 0 aromatic carbocycles. The number of esters is 1. The first-order valence-corrected chi connectivity index (χ1v) is 11.7. The maximum absolute atomic E-state index is 13.0. The molecule has 0 aliphatic carbocycles. The van der Waals surface area contributed by atoms with E-state index in [4.69, 9.17) is 4.74 Å². The van der Waals surface area contributed by atoms with Gasteiger partial charge in [0, 0.05) is 31.1 Å². The van der Waals surface area contributed by atoms with Gasteiger partial charge in [0.05, 0.1) is 18.9 Å². The topological polar surface area (TPSA) is 84.0 Å². The lowest BCUT2D eigenvalue weighted by molar-refractivity contribution is -0.149. The Bertz CT molecular complexity index is 783. The van der Waals surface area contributed by atoms with Crippen molar-refractivity contribution in [3.63, 3.8) is 0 Å². The first-order chi connectivity index (χ1) is 12.9. The fourth-order valence-electron chi connectivity index (χ4n) is 3.56. The summed E-state index contributed by atoms with van der Waals surface area (Å²) in [5.74, 6) is -0.691. The summed E-state index contributed by atoms with van der Waals surface area (Å²) in [7, 11) is -3.66. The van der Waals surface area contributed by atoms with E-state index in [-0.39, 0.29) is 29.1 Å². The Hall–Kier alpha value is -1.45. The van der Waals surface area contributed by atoms with Gasteiger partial charge in [-0.1, -0.05) is 0 Å². The Kier molecular flexibility index (Phi) is 6.54. The molecule has 27 heavy (non-hydrogen) atoms. The summed E-state index contributed by atoms with van der Waals surface area (Å²) in [5.41, 5.74) is 0. The number of rotatable bonds is 6. The van der Waals surface area contributed by atoms with Crippen LogP contribution in [-0.4, -0.2) is 62.3 Å². The van der Waals surface area contributed by atoms with Crippen LogP contribution >= 0.6 is 11.3 Å². The van der Waals surface area contributed by atoms with Crippen LogP contribution in [-0.2, 0) is 30.8 Å². The Morgan fingerprint density at radius 1 is 1.19 bits per heavy atom. The molecular formula is C18H26N2O5S2. The highest BCUT2D eigenvalue weighted by atomic mass is 32.2. The molecule has 0 N–H and O–H groups in total. The second kappa shape index (κ2) is 8.70. The van der Waals surface area contributed by atoms with Gasteiger partial charge in [0.1, 0.15) is 4.21 Å². The number of carbonyl (C=O) groups is 2. The third-order valence-corrected chi connectivity index (χ3v) is 8.44. The van der Waals surface area contributed by atoms with Crippen molar-refractivity contribution in [2.75, 3.05) is 32.8 Å². The normalized spacial score (nSPS) is 21.4. The summed E-state index contributed by atoms with van der Waals surface area (Å²) in [5, 5.41) is 0. The van der Waals surface area contributed by atoms with E-state index in [1.807, 2.05) is 4.90 Å². The third kappa shape index (κ3) is 4.70. The maximum atomic E-state index is 13.0. The molecule has 2 fully saturated rings. The standard InChI is InChI=1S/C18H26N2O5S2/c1-2-25-18(22)14-6-5-11-20(13-14)27(23,24)17-8-7-15(26-17)12-16(21)19-9-3-4-10-19/h7-8,14H,2-6,9-13H2,1H3/t14-/m0/s1. The van der Waals surface area contributed by atoms with Crippen molar-refractivity contribution in [1.82, 2.24) is 9.21 Å². The third-order valence-electron chi connectivity index (χ3n) is 5.02. The maximum Gasteiger partial charge on any atom is 0.310 e. The van der Waals surface area contributed by atoms with Crippen molar-refractivity contribution in [2.45, 2.75) is 43.2 Å². The zero-order valence-corrected chi connectivity index (χ0v) is 17.2. The first-order valence-electron chi connectivity index (χ1n) is 9.45. The van der Waals surface area contributed by atoms with Gasteiger partial charge in [-0.15, -0.1) is 11.3 Å². The van der Waals surface area contributed by atoms with Crippen LogP contribution in [0.4, 0.5) is 0 Å². The van der Waals surface area contributed by atoms with Gasteiger partial charge >= 0.3 is 5.97 Å². The molecule has 1 amide bonds. The van der Waals surface area contributed by atoms with Crippen molar-refractivity contribution in [3.05, 3.63) is 17.0 Å². The highest BCUT2D eigenvalue weighted by molar-refractivity contribution is 7.91. The monoisotopic (exact) mass is 414 g/mol. The van der Waals surface area contributed by atoms with Crippen molar-refractivity contribution < 1.29 is 22.7 Å². The Morgan fingerprint density at radius 2 is 1.93 bits per heavy atom. The van der Waals surface area contributed by atoms with Gasteiger partial charge in [-0.05, 0) is 44.7 Å². The van der Waals surface area contributed by atoms with Crippen LogP contribution in [0.1, 0.15) is 37.5 Å². The molecule has 3 rings (SSSR count). The molecule has 150 valence electrons. The molecule has 7 nitrogen and oxygen atoms in total. The zero-order valence-electron chi connectivity index (χ0n) is 15.6. The second-order valence-electron chi connectivity index (χ2n) is 6.94. The van der Waals surface area contributed by atoms with E-state index in [0.29, 0.717) is 26.0 Å². The van der Waals surface area contributed by atoms with Gasteiger partial charge in [0.15, 0.2) is 0 Å². The molecule has 2 aliphatic heterocycles. The van der Waals surface area contributed by atoms with E-state index >= 15 is 0 Å². The fourth-order valence-corrected chi connectivity index (χ4v) is 6.58. The van der Waals surface area contributed by atoms with Crippen molar-refractivity contribution in [3.8, 4) is 0 Å². The molecule has 0 bridgehead atoms. The second-order valence-corrected chi connectivity index (χ2v) is 10.3. The largest absolute Gasteiger partial charge is 0.466 e. The van der Waals surface area contributed by atoms with Crippen LogP contribution in [0.2, 0.25) is 0 Å². The predicted octanol–water partition coefficient (Wildman–Crippen LogP) is 1.88. The van der Waals surface area contributed by atoms with Crippen molar-refractivity contribution >= 4 is 33.2 Å². The van der Waals surface area contributed by atoms with E-state index in [1.165, 1.54) is 4.31 Å². The molecule has 0 spiro atoms. The molecule has 0 radical (unpaired) electrons. The highest BCUT2D eigenvalue weighted by Gasteiger charge is 2.34. The van der Waals surface area contributed by atoms with E-state index < -0.39 is 15.9 Å². The molecule has 3 heterocycles. The zero-order chi connectivity index (χ0) is 19.4. The number of hydrogen-bond acceptors (Lipinski definition) is 6. The van der Waals surface area contributed by atoms with Crippen LogP contribution in [0.25, 0.3) is 0 Å². The number of amides is 1. The van der Waals surface area contributed by atoms with Crippen LogP contribution in [0.3, 0.4) is 0 Å². The summed E-state index contributed by atoms with van der Waals surface area (Å²) < 4.78 is 32.6. The lowest BCUT2D eigenvalue weighted by Gasteiger charge is -2.30. The van der Waals surface area contributed by atoms with Gasteiger partial charge in [0.25, 0.3) is 10.0 Å². The van der Waals surface area contributed by atoms with E-state index in [1.54, 1.807) is 19.1 Å². The molecule has 1 atom stereocenters. The fraction of sp³-hybridized carbons (Fsp3) is 0.667. The summed E-state index contributed by atoms with van der Waals surface area (Å²) >= 11 is 1.15. The minimum Gasteiger partial charge on any atom is -0.466 e. The van der Waals surface area contributed by atoms with Crippen molar-refractivity contribution in [2.24, 2.45) is 5.92 Å². The lowest BCUT2D eigenvalue weighted by Crippen LogP contribution is -2.42. The molecule has 0 unspecified atom stereocenters. The summed E-state index contributed by atoms with van der Waals surface area (Å²) in [4.78, 5) is 26.8. The average Bonchev–Trinajstić information content (AvgIpc) is 3.34. The highest BCUT2D eigenvalue weighted by Crippen LogP contribution is 2.29. The van der Waals surface area contributed by atoms with Crippen LogP contribution in [0.15, 0.2) is 16.3 Å². The number of sulfonamides is 1. The van der Waals surface area contributed by atoms with Crippen LogP contribution in [0, 0.1) is 5.92 Å². The molecule has 9 heteroatoms. The van der Waals surface area contributed by atoms with Crippen LogP contribution in [0.5, 0.6) is 0 Å². The van der Waals surface area contributed by atoms with Gasteiger partial charge < -0.3 is 9.64 Å². The smallest absolute Gasteiger partial charge is 0.310 e. The van der Waals surface area contributed by atoms with Crippen LogP contribution < -0.4 is 0 Å². The molecule has 1 aromatic rings. The Balaban J connectivity index is 1.67. The summed E-state index contributed by atoms with van der Waals surface area (Å²) in [6.45, 7) is 4.17. The van der Waals surface area contributed by atoms with Gasteiger partial charge in [-0.3, -0.25) is 9.59 Å². The van der Waals surface area contributed by atoms with Gasteiger partial charge in [-0.25, -0.2) is 8.42 Å². The number of thiophene rings is 1. The number of carbonyl (C=O) groups excluding carboxylic acids is 2. The Morgan fingerprint density at radius 3 is 2.63 bits per heavy atom. The van der Waals surface area contributed by atoms with E-state index in [0.717, 1.165) is 42.1 Å². The van der Waals surface area contributed by atoms with E-state index in [9.17, 15) is 18.0 Å². The number of hydrogen-bond donors (Lipinski definition) is 0. The molecule has 2 saturated heterocycles. The number of nitrogens with zero attached hydrogens (tertiary/aromatic N) is 2. The minimum atomic E-state index is -3.66. The predicted molar refractivity (Wildman–Crippen MR) is 102 cm³/mol. The lowest BCUT2D eigenvalue weighted by atomic mass is 10.0. The quantitative estimate of drug-likeness (QED) is 0.664. The summed E-state index contributed by atoms with van der Waals surface area (Å²) in [6.07, 6.45) is 3.59. The molecule has 1 aromatic heterocycles. The molecule has 0 saturated carbocycles.